The Morgan fingerprint density at radius 1 is 1.10 bits per heavy atom. The van der Waals surface area contributed by atoms with Gasteiger partial charge in [0.15, 0.2) is 6.29 Å². The fourth-order valence-corrected chi connectivity index (χ4v) is 1.94. The Labute approximate surface area is 113 Å². The number of rotatable bonds is 3. The van der Waals surface area contributed by atoms with Crippen molar-refractivity contribution < 1.29 is 23.1 Å². The minimum absolute atomic E-state index is 0.0325. The van der Waals surface area contributed by atoms with Crippen molar-refractivity contribution in [3.8, 4) is 11.1 Å². The highest BCUT2D eigenvalue weighted by Crippen LogP contribution is 2.33. The number of aldehydes is 1. The molecule has 0 amide bonds. The molecular weight excluding hydrogens is 269 g/mol. The van der Waals surface area contributed by atoms with Gasteiger partial charge in [0.1, 0.15) is 0 Å². The van der Waals surface area contributed by atoms with Crippen molar-refractivity contribution in [3.63, 3.8) is 0 Å². The van der Waals surface area contributed by atoms with Crippen molar-refractivity contribution in [3.05, 3.63) is 59.2 Å². The first kappa shape index (κ1) is 14.3. The molecule has 0 spiro atoms. The maximum absolute atomic E-state index is 12.6. The van der Waals surface area contributed by atoms with Crippen LogP contribution in [0.3, 0.4) is 0 Å². The SMILES string of the molecule is O=Cc1cc(C(F)(F)F)ccc1-c1cccc(CO)c1. The highest BCUT2D eigenvalue weighted by molar-refractivity contribution is 5.88. The summed E-state index contributed by atoms with van der Waals surface area (Å²) >= 11 is 0. The molecule has 0 unspecified atom stereocenters. The van der Waals surface area contributed by atoms with E-state index in [0.29, 0.717) is 23.0 Å². The number of benzene rings is 2. The zero-order chi connectivity index (χ0) is 14.8. The molecule has 2 aromatic rings. The molecule has 2 nitrogen and oxygen atoms in total. The molecule has 20 heavy (non-hydrogen) atoms. The van der Waals surface area contributed by atoms with Crippen LogP contribution in [0.1, 0.15) is 21.5 Å². The largest absolute Gasteiger partial charge is 0.416 e. The van der Waals surface area contributed by atoms with Gasteiger partial charge >= 0.3 is 6.18 Å². The third kappa shape index (κ3) is 2.88. The lowest BCUT2D eigenvalue weighted by molar-refractivity contribution is -0.137. The summed E-state index contributed by atoms with van der Waals surface area (Å²) in [4.78, 5) is 11.0. The molecule has 0 heterocycles. The molecule has 2 aromatic carbocycles. The molecule has 0 saturated heterocycles. The van der Waals surface area contributed by atoms with Crippen LogP contribution in [0.15, 0.2) is 42.5 Å². The lowest BCUT2D eigenvalue weighted by Crippen LogP contribution is -2.06. The molecule has 0 aliphatic carbocycles. The zero-order valence-electron chi connectivity index (χ0n) is 10.3. The van der Waals surface area contributed by atoms with E-state index >= 15 is 0 Å². The Hall–Kier alpha value is -2.14. The number of aliphatic hydroxyl groups excluding tert-OH is 1. The van der Waals surface area contributed by atoms with Crippen molar-refractivity contribution >= 4 is 6.29 Å². The number of aliphatic hydroxyl groups is 1. The first-order valence-corrected chi connectivity index (χ1v) is 5.82. The Kier molecular flexibility index (Phi) is 3.90. The van der Waals surface area contributed by atoms with E-state index in [0.717, 1.165) is 12.1 Å². The van der Waals surface area contributed by atoms with Crippen LogP contribution < -0.4 is 0 Å². The van der Waals surface area contributed by atoms with Gasteiger partial charge in [0.2, 0.25) is 0 Å². The first-order valence-electron chi connectivity index (χ1n) is 5.82. The molecule has 0 bridgehead atoms. The van der Waals surface area contributed by atoms with Crippen LogP contribution in [-0.4, -0.2) is 11.4 Å². The first-order chi connectivity index (χ1) is 9.45. The second kappa shape index (κ2) is 5.46. The van der Waals surface area contributed by atoms with E-state index in [4.69, 9.17) is 5.11 Å². The molecule has 0 aromatic heterocycles. The van der Waals surface area contributed by atoms with Gasteiger partial charge in [0, 0.05) is 5.56 Å². The fourth-order valence-electron chi connectivity index (χ4n) is 1.94. The van der Waals surface area contributed by atoms with E-state index in [-0.39, 0.29) is 12.2 Å². The average molecular weight is 280 g/mol. The molecule has 0 atom stereocenters. The molecule has 0 aliphatic heterocycles. The molecular formula is C15H11F3O2. The van der Waals surface area contributed by atoms with Crippen LogP contribution in [0.25, 0.3) is 11.1 Å². The van der Waals surface area contributed by atoms with Gasteiger partial charge in [-0.2, -0.15) is 13.2 Å². The van der Waals surface area contributed by atoms with Crippen molar-refractivity contribution in [2.24, 2.45) is 0 Å². The molecule has 104 valence electrons. The van der Waals surface area contributed by atoms with Crippen LogP contribution in [-0.2, 0) is 12.8 Å². The van der Waals surface area contributed by atoms with Crippen LogP contribution in [0.4, 0.5) is 13.2 Å². The van der Waals surface area contributed by atoms with Gasteiger partial charge in [-0.1, -0.05) is 24.3 Å². The standard InChI is InChI=1S/C15H11F3O2/c16-15(17,18)13-4-5-14(12(7-13)9-20)11-3-1-2-10(6-11)8-19/h1-7,9,19H,8H2. The van der Waals surface area contributed by atoms with Gasteiger partial charge in [-0.15, -0.1) is 0 Å². The summed E-state index contributed by atoms with van der Waals surface area (Å²) in [7, 11) is 0. The Balaban J connectivity index is 2.54. The number of hydrogen-bond donors (Lipinski definition) is 1. The van der Waals surface area contributed by atoms with Crippen LogP contribution >= 0.6 is 0 Å². The Bertz CT molecular complexity index is 633. The highest BCUT2D eigenvalue weighted by atomic mass is 19.4. The summed E-state index contributed by atoms with van der Waals surface area (Å²) in [6.07, 6.45) is -4.08. The van der Waals surface area contributed by atoms with Gasteiger partial charge in [0.25, 0.3) is 0 Å². The predicted octanol–water partition coefficient (Wildman–Crippen LogP) is 3.68. The van der Waals surface area contributed by atoms with E-state index in [1.54, 1.807) is 24.3 Å². The summed E-state index contributed by atoms with van der Waals surface area (Å²) < 4.78 is 37.8. The summed E-state index contributed by atoms with van der Waals surface area (Å²) in [6, 6.07) is 9.70. The third-order valence-electron chi connectivity index (χ3n) is 2.93. The smallest absolute Gasteiger partial charge is 0.392 e. The minimum atomic E-state index is -4.48. The topological polar surface area (TPSA) is 37.3 Å². The summed E-state index contributed by atoms with van der Waals surface area (Å²) in [6.45, 7) is -0.176. The third-order valence-corrected chi connectivity index (χ3v) is 2.93. The van der Waals surface area contributed by atoms with E-state index in [1.165, 1.54) is 6.07 Å². The van der Waals surface area contributed by atoms with E-state index in [2.05, 4.69) is 0 Å². The number of carbonyl (C=O) groups excluding carboxylic acids is 1. The van der Waals surface area contributed by atoms with Crippen molar-refractivity contribution in [2.45, 2.75) is 12.8 Å². The maximum atomic E-state index is 12.6. The summed E-state index contributed by atoms with van der Waals surface area (Å²) in [5, 5.41) is 9.07. The quantitative estimate of drug-likeness (QED) is 0.871. The molecule has 0 radical (unpaired) electrons. The number of alkyl halides is 3. The summed E-state index contributed by atoms with van der Waals surface area (Å²) in [5.74, 6) is 0. The molecule has 0 fully saturated rings. The minimum Gasteiger partial charge on any atom is -0.392 e. The van der Waals surface area contributed by atoms with Gasteiger partial charge < -0.3 is 5.11 Å². The lowest BCUT2D eigenvalue weighted by Gasteiger charge is -2.11. The van der Waals surface area contributed by atoms with Crippen molar-refractivity contribution in [1.82, 2.24) is 0 Å². The van der Waals surface area contributed by atoms with Gasteiger partial charge in [-0.3, -0.25) is 4.79 Å². The predicted molar refractivity (Wildman–Crippen MR) is 68.2 cm³/mol. The van der Waals surface area contributed by atoms with Crippen LogP contribution in [0.2, 0.25) is 0 Å². The average Bonchev–Trinajstić information content (AvgIpc) is 2.45. The molecule has 2 rings (SSSR count). The Morgan fingerprint density at radius 2 is 1.85 bits per heavy atom. The highest BCUT2D eigenvalue weighted by Gasteiger charge is 2.31. The van der Waals surface area contributed by atoms with E-state index in [1.807, 2.05) is 0 Å². The molecule has 0 saturated carbocycles. The molecule has 0 aliphatic rings. The van der Waals surface area contributed by atoms with Crippen LogP contribution in [0.5, 0.6) is 0 Å². The Morgan fingerprint density at radius 3 is 2.45 bits per heavy atom. The summed E-state index contributed by atoms with van der Waals surface area (Å²) in [5.41, 5.74) is 0.728. The van der Waals surface area contributed by atoms with Gasteiger partial charge in [-0.05, 0) is 34.9 Å². The normalized spacial score (nSPS) is 11.4. The van der Waals surface area contributed by atoms with Crippen molar-refractivity contribution in [1.29, 1.82) is 0 Å². The van der Waals surface area contributed by atoms with E-state index in [9.17, 15) is 18.0 Å². The second-order valence-corrected chi connectivity index (χ2v) is 4.28. The number of hydrogen-bond acceptors (Lipinski definition) is 2. The number of halogens is 3. The fraction of sp³-hybridized carbons (Fsp3) is 0.133. The molecule has 1 N–H and O–H groups in total. The maximum Gasteiger partial charge on any atom is 0.416 e. The second-order valence-electron chi connectivity index (χ2n) is 4.28. The van der Waals surface area contributed by atoms with Gasteiger partial charge in [0.05, 0.1) is 12.2 Å². The van der Waals surface area contributed by atoms with Crippen LogP contribution in [0, 0.1) is 0 Å². The van der Waals surface area contributed by atoms with Gasteiger partial charge in [-0.25, -0.2) is 0 Å². The van der Waals surface area contributed by atoms with E-state index < -0.39 is 11.7 Å². The zero-order valence-corrected chi connectivity index (χ0v) is 10.3. The number of carbonyl (C=O) groups is 1. The monoisotopic (exact) mass is 280 g/mol. The van der Waals surface area contributed by atoms with Crippen molar-refractivity contribution in [2.75, 3.05) is 0 Å². The lowest BCUT2D eigenvalue weighted by atomic mass is 9.97. The molecule has 5 heteroatoms.